The highest BCUT2D eigenvalue weighted by molar-refractivity contribution is 5.86. The number of benzene rings is 2. The number of nitrogens with zero attached hydrogens (tertiary/aromatic N) is 3. The van der Waals surface area contributed by atoms with Gasteiger partial charge in [-0.1, -0.05) is 45.0 Å². The first-order valence-electron chi connectivity index (χ1n) is 10.6. The van der Waals surface area contributed by atoms with Crippen molar-refractivity contribution in [3.05, 3.63) is 59.9 Å². The maximum atomic E-state index is 10.9. The minimum absolute atomic E-state index is 0.155. The van der Waals surface area contributed by atoms with Gasteiger partial charge >= 0.3 is 0 Å². The smallest absolute Gasteiger partial charge is 0.148 e. The van der Waals surface area contributed by atoms with Gasteiger partial charge in [0.05, 0.1) is 19.4 Å². The number of aryl methyl sites for hydroxylation is 1. The van der Waals surface area contributed by atoms with Gasteiger partial charge in [0, 0.05) is 36.1 Å². The summed E-state index contributed by atoms with van der Waals surface area (Å²) in [5.74, 6) is 1.48. The Balaban J connectivity index is 1.56. The zero-order valence-corrected chi connectivity index (χ0v) is 18.5. The highest BCUT2D eigenvalue weighted by Gasteiger charge is 2.20. The van der Waals surface area contributed by atoms with Crippen molar-refractivity contribution in [3.63, 3.8) is 0 Å². The SMILES string of the molecule is COc1c(C(C)CC(O)Cn2ccc3c(C(C)C)cccc32)ccc2cnn(C)c12. The van der Waals surface area contributed by atoms with Crippen molar-refractivity contribution in [2.75, 3.05) is 7.11 Å². The molecule has 2 unspecified atom stereocenters. The lowest BCUT2D eigenvalue weighted by atomic mass is 9.93. The minimum Gasteiger partial charge on any atom is -0.494 e. The van der Waals surface area contributed by atoms with Crippen LogP contribution in [0.25, 0.3) is 21.8 Å². The summed E-state index contributed by atoms with van der Waals surface area (Å²) in [4.78, 5) is 0. The molecular weight excluding hydrogens is 374 g/mol. The first kappa shape index (κ1) is 20.5. The van der Waals surface area contributed by atoms with Crippen LogP contribution in [0.3, 0.4) is 0 Å². The first-order valence-corrected chi connectivity index (χ1v) is 10.6. The predicted octanol–water partition coefficient (Wildman–Crippen LogP) is 5.21. The lowest BCUT2D eigenvalue weighted by Crippen LogP contribution is -2.18. The van der Waals surface area contributed by atoms with Crippen molar-refractivity contribution in [1.82, 2.24) is 14.3 Å². The molecule has 0 aliphatic carbocycles. The van der Waals surface area contributed by atoms with Crippen molar-refractivity contribution in [2.24, 2.45) is 7.05 Å². The highest BCUT2D eigenvalue weighted by Crippen LogP contribution is 2.36. The standard InChI is InChI=1S/C25H31N3O2/c1-16(2)20-7-6-8-23-22(20)11-12-28(23)15-19(29)13-17(3)21-10-9-18-14-26-27(4)24(18)25(21)30-5/h6-12,14,16-17,19,29H,13,15H2,1-5H3. The molecule has 4 aromatic rings. The summed E-state index contributed by atoms with van der Waals surface area (Å²) < 4.78 is 9.77. The van der Waals surface area contributed by atoms with E-state index in [4.69, 9.17) is 4.74 Å². The fraction of sp³-hybridized carbons (Fsp3) is 0.400. The van der Waals surface area contributed by atoms with E-state index >= 15 is 0 Å². The number of hydrogen-bond donors (Lipinski definition) is 1. The average Bonchev–Trinajstić information content (AvgIpc) is 3.30. The van der Waals surface area contributed by atoms with Gasteiger partial charge < -0.3 is 14.4 Å². The van der Waals surface area contributed by atoms with E-state index in [0.717, 1.165) is 22.2 Å². The Morgan fingerprint density at radius 3 is 2.60 bits per heavy atom. The predicted molar refractivity (Wildman–Crippen MR) is 122 cm³/mol. The van der Waals surface area contributed by atoms with Gasteiger partial charge in [-0.25, -0.2) is 0 Å². The monoisotopic (exact) mass is 405 g/mol. The summed E-state index contributed by atoms with van der Waals surface area (Å²) in [5.41, 5.74) is 4.63. The maximum absolute atomic E-state index is 10.9. The van der Waals surface area contributed by atoms with E-state index in [1.165, 1.54) is 16.5 Å². The van der Waals surface area contributed by atoms with Crippen molar-refractivity contribution < 1.29 is 9.84 Å². The van der Waals surface area contributed by atoms with Crippen LogP contribution in [-0.2, 0) is 13.6 Å². The molecule has 4 rings (SSSR count). The Morgan fingerprint density at radius 2 is 1.87 bits per heavy atom. The van der Waals surface area contributed by atoms with E-state index in [9.17, 15) is 5.11 Å². The number of methoxy groups -OCH3 is 1. The highest BCUT2D eigenvalue weighted by atomic mass is 16.5. The Kier molecular flexibility index (Phi) is 5.56. The zero-order chi connectivity index (χ0) is 21.4. The van der Waals surface area contributed by atoms with Gasteiger partial charge in [0.2, 0.25) is 0 Å². The van der Waals surface area contributed by atoms with Crippen LogP contribution in [0.2, 0.25) is 0 Å². The van der Waals surface area contributed by atoms with Gasteiger partial charge in [0.15, 0.2) is 0 Å². The maximum Gasteiger partial charge on any atom is 0.148 e. The van der Waals surface area contributed by atoms with Gasteiger partial charge in [-0.3, -0.25) is 4.68 Å². The third kappa shape index (κ3) is 3.58. The van der Waals surface area contributed by atoms with Crippen LogP contribution < -0.4 is 4.74 Å². The molecule has 0 saturated carbocycles. The van der Waals surface area contributed by atoms with E-state index in [2.05, 4.69) is 73.0 Å². The lowest BCUT2D eigenvalue weighted by Gasteiger charge is -2.20. The number of ether oxygens (including phenoxy) is 1. The number of aliphatic hydroxyl groups is 1. The molecule has 0 radical (unpaired) electrons. The summed E-state index contributed by atoms with van der Waals surface area (Å²) in [7, 11) is 3.63. The Hall–Kier alpha value is -2.79. The lowest BCUT2D eigenvalue weighted by molar-refractivity contribution is 0.138. The number of aliphatic hydroxyl groups excluding tert-OH is 1. The second-order valence-electron chi connectivity index (χ2n) is 8.59. The quantitative estimate of drug-likeness (QED) is 0.459. The molecule has 5 nitrogen and oxygen atoms in total. The molecule has 2 aromatic carbocycles. The third-order valence-electron chi connectivity index (χ3n) is 6.12. The van der Waals surface area contributed by atoms with Gasteiger partial charge in [0.1, 0.15) is 11.3 Å². The molecule has 2 aromatic heterocycles. The summed E-state index contributed by atoms with van der Waals surface area (Å²) in [6, 6.07) is 12.8. The van der Waals surface area contributed by atoms with Crippen LogP contribution in [0, 0.1) is 0 Å². The molecule has 1 N–H and O–H groups in total. The molecule has 158 valence electrons. The zero-order valence-electron chi connectivity index (χ0n) is 18.5. The van der Waals surface area contributed by atoms with Gasteiger partial charge in [0.25, 0.3) is 0 Å². The van der Waals surface area contributed by atoms with Crippen LogP contribution in [-0.4, -0.2) is 32.7 Å². The van der Waals surface area contributed by atoms with E-state index in [-0.39, 0.29) is 5.92 Å². The Labute approximate surface area is 177 Å². The van der Waals surface area contributed by atoms with E-state index in [1.54, 1.807) is 7.11 Å². The van der Waals surface area contributed by atoms with Crippen LogP contribution >= 0.6 is 0 Å². The van der Waals surface area contributed by atoms with Gasteiger partial charge in [-0.15, -0.1) is 0 Å². The van der Waals surface area contributed by atoms with Crippen molar-refractivity contribution >= 4 is 21.8 Å². The molecule has 2 heterocycles. The molecule has 30 heavy (non-hydrogen) atoms. The fourth-order valence-corrected chi connectivity index (χ4v) is 4.60. The van der Waals surface area contributed by atoms with Crippen LogP contribution in [0.5, 0.6) is 5.75 Å². The molecule has 0 fully saturated rings. The summed E-state index contributed by atoms with van der Waals surface area (Å²) >= 11 is 0. The molecule has 0 aliphatic heterocycles. The number of aromatic nitrogens is 3. The van der Waals surface area contributed by atoms with Crippen LogP contribution in [0.1, 0.15) is 50.2 Å². The largest absolute Gasteiger partial charge is 0.494 e. The normalized spacial score (nSPS) is 14.0. The topological polar surface area (TPSA) is 52.2 Å². The van der Waals surface area contributed by atoms with Crippen LogP contribution in [0.4, 0.5) is 0 Å². The van der Waals surface area contributed by atoms with Crippen molar-refractivity contribution in [3.8, 4) is 5.75 Å². The second kappa shape index (κ2) is 8.15. The van der Waals surface area contributed by atoms with Gasteiger partial charge in [-0.2, -0.15) is 5.10 Å². The molecule has 0 bridgehead atoms. The molecule has 2 atom stereocenters. The summed E-state index contributed by atoms with van der Waals surface area (Å²) in [5, 5.41) is 17.6. The fourth-order valence-electron chi connectivity index (χ4n) is 4.60. The molecule has 0 spiro atoms. The molecule has 0 amide bonds. The van der Waals surface area contributed by atoms with Crippen molar-refractivity contribution in [1.29, 1.82) is 0 Å². The Bertz CT molecular complexity index is 1170. The number of rotatable bonds is 7. The Morgan fingerprint density at radius 1 is 1.07 bits per heavy atom. The number of fused-ring (bicyclic) bond motifs is 2. The van der Waals surface area contributed by atoms with Gasteiger partial charge in [-0.05, 0) is 41.5 Å². The molecule has 5 heteroatoms. The molecule has 0 aliphatic rings. The second-order valence-corrected chi connectivity index (χ2v) is 8.59. The van der Waals surface area contributed by atoms with Crippen molar-refractivity contribution in [2.45, 2.75) is 51.7 Å². The van der Waals surface area contributed by atoms with E-state index in [1.807, 2.05) is 17.9 Å². The average molecular weight is 406 g/mol. The van der Waals surface area contributed by atoms with E-state index in [0.29, 0.717) is 18.9 Å². The molecular formula is C25H31N3O2. The summed E-state index contributed by atoms with van der Waals surface area (Å²) in [6.45, 7) is 7.16. The van der Waals surface area contributed by atoms with E-state index < -0.39 is 6.10 Å². The molecule has 0 saturated heterocycles. The first-order chi connectivity index (χ1) is 14.4. The summed E-state index contributed by atoms with van der Waals surface area (Å²) in [6.07, 6.45) is 4.14. The third-order valence-corrected chi connectivity index (χ3v) is 6.12. The van der Waals surface area contributed by atoms with Crippen LogP contribution in [0.15, 0.2) is 48.8 Å². The number of hydrogen-bond acceptors (Lipinski definition) is 3. The minimum atomic E-state index is -0.453.